The Morgan fingerprint density at radius 3 is 2.26 bits per heavy atom. The lowest BCUT2D eigenvalue weighted by atomic mass is 10.0. The summed E-state index contributed by atoms with van der Waals surface area (Å²) in [5, 5.41) is 5.13. The maximum absolute atomic E-state index is 13.8. The van der Waals surface area contributed by atoms with Gasteiger partial charge in [0.2, 0.25) is 5.91 Å². The first-order chi connectivity index (χ1) is 12.7. The summed E-state index contributed by atoms with van der Waals surface area (Å²) in [7, 11) is 3.56. The van der Waals surface area contributed by atoms with Crippen LogP contribution in [0.15, 0.2) is 36.5 Å². The van der Waals surface area contributed by atoms with E-state index in [4.69, 9.17) is 0 Å². The number of amides is 2. The first-order valence-corrected chi connectivity index (χ1v) is 8.40. The van der Waals surface area contributed by atoms with Gasteiger partial charge >= 0.3 is 0 Å². The fraction of sp³-hybridized carbons (Fsp3) is 0.316. The molecule has 2 amide bonds. The zero-order valence-corrected chi connectivity index (χ0v) is 15.6. The Labute approximate surface area is 156 Å². The largest absolute Gasteiger partial charge is 0.361 e. The van der Waals surface area contributed by atoms with Crippen molar-refractivity contribution < 1.29 is 18.4 Å². The van der Waals surface area contributed by atoms with Gasteiger partial charge in [0, 0.05) is 20.3 Å². The topological polar surface area (TPSA) is 74.3 Å². The molecular weight excluding hydrogens is 354 g/mol. The molecule has 0 aliphatic heterocycles. The number of nitrogens with one attached hydrogen (secondary N) is 2. The molecular formula is C19H22F2N4O2. The lowest BCUT2D eigenvalue weighted by Gasteiger charge is -2.23. The Morgan fingerprint density at radius 1 is 1.07 bits per heavy atom. The molecule has 2 N–H and O–H groups in total. The number of benzene rings is 1. The van der Waals surface area contributed by atoms with Crippen molar-refractivity contribution in [2.24, 2.45) is 5.92 Å². The number of anilines is 2. The number of pyridine rings is 1. The molecule has 2 rings (SSSR count). The molecule has 2 aromatic rings. The van der Waals surface area contributed by atoms with Crippen LogP contribution in [0.5, 0.6) is 0 Å². The van der Waals surface area contributed by atoms with E-state index in [9.17, 15) is 18.4 Å². The second-order valence-corrected chi connectivity index (χ2v) is 6.55. The molecule has 0 spiro atoms. The summed E-state index contributed by atoms with van der Waals surface area (Å²) in [6.45, 7) is 3.44. The molecule has 27 heavy (non-hydrogen) atoms. The van der Waals surface area contributed by atoms with E-state index in [0.29, 0.717) is 11.5 Å². The minimum atomic E-state index is -0.994. The van der Waals surface area contributed by atoms with Crippen LogP contribution in [0.4, 0.5) is 20.3 Å². The first-order valence-electron chi connectivity index (χ1n) is 8.40. The van der Waals surface area contributed by atoms with Gasteiger partial charge in [0.25, 0.3) is 5.91 Å². The van der Waals surface area contributed by atoms with Gasteiger partial charge in [-0.15, -0.1) is 0 Å². The van der Waals surface area contributed by atoms with E-state index in [0.717, 1.165) is 12.1 Å². The molecule has 1 atom stereocenters. The third-order valence-electron chi connectivity index (χ3n) is 3.89. The molecule has 0 radical (unpaired) electrons. The number of nitrogens with zero attached hydrogens (tertiary/aromatic N) is 2. The summed E-state index contributed by atoms with van der Waals surface area (Å²) in [6.07, 6.45) is 1.59. The van der Waals surface area contributed by atoms with Crippen LogP contribution in [0.1, 0.15) is 24.2 Å². The van der Waals surface area contributed by atoms with E-state index in [1.54, 1.807) is 51.2 Å². The standard InChI is InChI=1S/C19H22F2N4O2/c1-11(2)16(24-18(26)15-12(20)7-5-8-13(15)21)19(27)23-14-9-6-10-22-17(14)25(3)4/h5-11,16H,1-4H3,(H,23,27)(H,24,26)/t16-/m0/s1. The molecule has 1 aromatic heterocycles. The van der Waals surface area contributed by atoms with Crippen molar-refractivity contribution in [2.75, 3.05) is 24.3 Å². The Balaban J connectivity index is 2.23. The van der Waals surface area contributed by atoms with E-state index in [2.05, 4.69) is 15.6 Å². The number of halogens is 2. The quantitative estimate of drug-likeness (QED) is 0.813. The molecule has 0 saturated carbocycles. The molecule has 0 fully saturated rings. The molecule has 0 bridgehead atoms. The predicted octanol–water partition coefficient (Wildman–Crippen LogP) is 2.82. The summed E-state index contributed by atoms with van der Waals surface area (Å²) in [4.78, 5) is 31.0. The van der Waals surface area contributed by atoms with Gasteiger partial charge < -0.3 is 15.5 Å². The third kappa shape index (κ3) is 4.78. The molecule has 8 heteroatoms. The summed E-state index contributed by atoms with van der Waals surface area (Å²) >= 11 is 0. The number of hydrogen-bond acceptors (Lipinski definition) is 4. The van der Waals surface area contributed by atoms with Crippen LogP contribution >= 0.6 is 0 Å². The number of rotatable bonds is 6. The van der Waals surface area contributed by atoms with E-state index in [-0.39, 0.29) is 5.92 Å². The molecule has 1 aromatic carbocycles. The maximum atomic E-state index is 13.8. The van der Waals surface area contributed by atoms with Gasteiger partial charge in [0.1, 0.15) is 23.2 Å². The average molecular weight is 376 g/mol. The highest BCUT2D eigenvalue weighted by Gasteiger charge is 2.28. The van der Waals surface area contributed by atoms with Gasteiger partial charge in [-0.3, -0.25) is 9.59 Å². The molecule has 0 aliphatic rings. The average Bonchev–Trinajstić information content (AvgIpc) is 2.59. The van der Waals surface area contributed by atoms with Crippen LogP contribution in [-0.2, 0) is 4.79 Å². The number of carbonyl (C=O) groups is 2. The maximum Gasteiger partial charge on any atom is 0.257 e. The van der Waals surface area contributed by atoms with Crippen LogP contribution in [-0.4, -0.2) is 36.9 Å². The smallest absolute Gasteiger partial charge is 0.257 e. The van der Waals surface area contributed by atoms with Crippen molar-refractivity contribution in [3.05, 3.63) is 53.7 Å². The highest BCUT2D eigenvalue weighted by atomic mass is 19.1. The van der Waals surface area contributed by atoms with Crippen LogP contribution < -0.4 is 15.5 Å². The highest BCUT2D eigenvalue weighted by Crippen LogP contribution is 2.21. The van der Waals surface area contributed by atoms with Gasteiger partial charge in [-0.05, 0) is 30.2 Å². The van der Waals surface area contributed by atoms with Crippen molar-refractivity contribution >= 4 is 23.3 Å². The third-order valence-corrected chi connectivity index (χ3v) is 3.89. The minimum Gasteiger partial charge on any atom is -0.361 e. The number of carbonyl (C=O) groups excluding carboxylic acids is 2. The monoisotopic (exact) mass is 376 g/mol. The van der Waals surface area contributed by atoms with E-state index in [1.807, 2.05) is 0 Å². The number of hydrogen-bond donors (Lipinski definition) is 2. The van der Waals surface area contributed by atoms with E-state index >= 15 is 0 Å². The van der Waals surface area contributed by atoms with E-state index in [1.165, 1.54) is 6.07 Å². The highest BCUT2D eigenvalue weighted by molar-refractivity contribution is 6.02. The second kappa shape index (κ2) is 8.57. The van der Waals surface area contributed by atoms with Gasteiger partial charge in [-0.25, -0.2) is 13.8 Å². The Morgan fingerprint density at radius 2 is 1.70 bits per heavy atom. The Bertz CT molecular complexity index is 820. The lowest BCUT2D eigenvalue weighted by Crippen LogP contribution is -2.47. The fourth-order valence-corrected chi connectivity index (χ4v) is 2.52. The molecule has 1 heterocycles. The summed E-state index contributed by atoms with van der Waals surface area (Å²) in [5.41, 5.74) is -0.254. The predicted molar refractivity (Wildman–Crippen MR) is 99.6 cm³/mol. The van der Waals surface area contributed by atoms with Gasteiger partial charge in [0.05, 0.1) is 5.69 Å². The fourth-order valence-electron chi connectivity index (χ4n) is 2.52. The molecule has 6 nitrogen and oxygen atoms in total. The zero-order valence-electron chi connectivity index (χ0n) is 15.6. The lowest BCUT2D eigenvalue weighted by molar-refractivity contribution is -0.118. The number of aromatic nitrogens is 1. The van der Waals surface area contributed by atoms with Crippen molar-refractivity contribution in [1.29, 1.82) is 0 Å². The zero-order chi connectivity index (χ0) is 20.1. The summed E-state index contributed by atoms with van der Waals surface area (Å²) < 4.78 is 27.7. The molecule has 0 saturated heterocycles. The van der Waals surface area contributed by atoms with Crippen LogP contribution in [0.2, 0.25) is 0 Å². The van der Waals surface area contributed by atoms with E-state index < -0.39 is 35.1 Å². The normalized spacial score (nSPS) is 11.8. The van der Waals surface area contributed by atoms with Crippen LogP contribution in [0, 0.1) is 17.6 Å². The van der Waals surface area contributed by atoms with Crippen molar-refractivity contribution in [1.82, 2.24) is 10.3 Å². The Hall–Kier alpha value is -3.03. The van der Waals surface area contributed by atoms with Gasteiger partial charge in [-0.2, -0.15) is 0 Å². The van der Waals surface area contributed by atoms with Crippen molar-refractivity contribution in [2.45, 2.75) is 19.9 Å². The van der Waals surface area contributed by atoms with Gasteiger partial charge in [0.15, 0.2) is 5.82 Å². The Kier molecular flexibility index (Phi) is 6.44. The SMILES string of the molecule is CC(C)[C@H](NC(=O)c1c(F)cccc1F)C(=O)Nc1cccnc1N(C)C. The van der Waals surface area contributed by atoms with Crippen LogP contribution in [0.3, 0.4) is 0 Å². The minimum absolute atomic E-state index is 0.316. The summed E-state index contributed by atoms with van der Waals surface area (Å²) in [5.74, 6) is -3.25. The molecule has 0 unspecified atom stereocenters. The summed E-state index contributed by atoms with van der Waals surface area (Å²) in [6, 6.07) is 5.49. The second-order valence-electron chi connectivity index (χ2n) is 6.55. The first kappa shape index (κ1) is 20.3. The van der Waals surface area contributed by atoms with Crippen LogP contribution in [0.25, 0.3) is 0 Å². The molecule has 0 aliphatic carbocycles. The van der Waals surface area contributed by atoms with Crippen molar-refractivity contribution in [3.63, 3.8) is 0 Å². The van der Waals surface area contributed by atoms with Crippen molar-refractivity contribution in [3.8, 4) is 0 Å². The van der Waals surface area contributed by atoms with Gasteiger partial charge in [-0.1, -0.05) is 19.9 Å². The molecule has 144 valence electrons.